The molecule has 0 atom stereocenters. The van der Waals surface area contributed by atoms with E-state index in [9.17, 15) is 17.6 Å². The van der Waals surface area contributed by atoms with Gasteiger partial charge in [-0.25, -0.2) is 12.8 Å². The third kappa shape index (κ3) is 3.91. The van der Waals surface area contributed by atoms with E-state index in [2.05, 4.69) is 0 Å². The van der Waals surface area contributed by atoms with Gasteiger partial charge in [-0.05, 0) is 25.1 Å². The fraction of sp³-hybridized carbons (Fsp3) is 0.417. The highest BCUT2D eigenvalue weighted by atomic mass is 35.5. The van der Waals surface area contributed by atoms with Crippen molar-refractivity contribution in [2.24, 2.45) is 0 Å². The zero-order valence-electron chi connectivity index (χ0n) is 11.1. The normalized spacial score (nSPS) is 11.7. The van der Waals surface area contributed by atoms with Crippen molar-refractivity contribution in [3.8, 4) is 0 Å². The van der Waals surface area contributed by atoms with E-state index in [0.29, 0.717) is 0 Å². The van der Waals surface area contributed by atoms with E-state index in [1.165, 1.54) is 6.07 Å². The maximum Gasteiger partial charge on any atom is 0.321 e. The van der Waals surface area contributed by atoms with Gasteiger partial charge in [0.05, 0.1) is 6.61 Å². The number of likely N-dealkylation sites (N-methyl/N-ethyl adjacent to an activating group) is 1. The van der Waals surface area contributed by atoms with E-state index >= 15 is 0 Å². The largest absolute Gasteiger partial charge is 0.465 e. The van der Waals surface area contributed by atoms with Crippen LogP contribution in [0, 0.1) is 5.82 Å². The van der Waals surface area contributed by atoms with Crippen LogP contribution in [0.4, 0.5) is 4.39 Å². The summed E-state index contributed by atoms with van der Waals surface area (Å²) in [4.78, 5) is 10.9. The minimum atomic E-state index is -4.11. The summed E-state index contributed by atoms with van der Waals surface area (Å²) in [5.74, 6) is -1.65. The number of carbonyl (C=O) groups is 1. The quantitative estimate of drug-likeness (QED) is 0.752. The summed E-state index contributed by atoms with van der Waals surface area (Å²) in [6.45, 7) is 2.86. The van der Waals surface area contributed by atoms with Crippen molar-refractivity contribution in [2.45, 2.75) is 18.7 Å². The molecule has 5 nitrogen and oxygen atoms in total. The first kappa shape index (κ1) is 16.9. The van der Waals surface area contributed by atoms with Crippen molar-refractivity contribution in [2.75, 3.05) is 19.7 Å². The Balaban J connectivity index is 3.09. The molecule has 1 aromatic rings. The lowest BCUT2D eigenvalue weighted by molar-refractivity contribution is -0.143. The number of rotatable bonds is 6. The molecular weight excluding hydrogens is 309 g/mol. The average Bonchev–Trinajstić information content (AvgIpc) is 2.35. The zero-order chi connectivity index (χ0) is 15.3. The predicted molar refractivity (Wildman–Crippen MR) is 72.5 cm³/mol. The molecule has 0 heterocycles. The van der Waals surface area contributed by atoms with Crippen LogP contribution in [0.25, 0.3) is 0 Å². The Bertz CT molecular complexity index is 591. The fourth-order valence-electron chi connectivity index (χ4n) is 1.54. The van der Waals surface area contributed by atoms with Crippen molar-refractivity contribution in [3.05, 3.63) is 29.0 Å². The van der Waals surface area contributed by atoms with Gasteiger partial charge in [0, 0.05) is 11.6 Å². The van der Waals surface area contributed by atoms with Gasteiger partial charge < -0.3 is 4.74 Å². The maximum atomic E-state index is 13.7. The molecular formula is C12H15ClFNO4S. The van der Waals surface area contributed by atoms with Gasteiger partial charge in [0.2, 0.25) is 10.0 Å². The number of carbonyl (C=O) groups excluding carboxylic acids is 1. The highest BCUT2D eigenvalue weighted by Crippen LogP contribution is 2.22. The van der Waals surface area contributed by atoms with Crippen LogP contribution in [0.15, 0.2) is 23.1 Å². The van der Waals surface area contributed by atoms with E-state index in [-0.39, 0.29) is 18.2 Å². The van der Waals surface area contributed by atoms with Crippen LogP contribution in [0.5, 0.6) is 0 Å². The summed E-state index contributed by atoms with van der Waals surface area (Å²) in [5, 5.41) is 0.0925. The second-order valence-corrected chi connectivity index (χ2v) is 6.15. The molecule has 0 aliphatic carbocycles. The Morgan fingerprint density at radius 1 is 1.40 bits per heavy atom. The first-order chi connectivity index (χ1) is 9.32. The summed E-state index contributed by atoms with van der Waals surface area (Å²) >= 11 is 5.58. The third-order valence-corrected chi connectivity index (χ3v) is 4.66. The van der Waals surface area contributed by atoms with Gasteiger partial charge in [-0.15, -0.1) is 0 Å². The third-order valence-electron chi connectivity index (χ3n) is 2.48. The number of esters is 1. The molecule has 0 amide bonds. The fourth-order valence-corrected chi connectivity index (χ4v) is 3.14. The average molecular weight is 324 g/mol. The van der Waals surface area contributed by atoms with Crippen LogP contribution in [-0.2, 0) is 19.6 Å². The Labute approximate surface area is 122 Å². The number of halogens is 2. The van der Waals surface area contributed by atoms with Gasteiger partial charge in [-0.1, -0.05) is 18.5 Å². The molecule has 8 heteroatoms. The predicted octanol–water partition coefficient (Wildman–Crippen LogP) is 2.05. The van der Waals surface area contributed by atoms with E-state index in [4.69, 9.17) is 16.3 Å². The lowest BCUT2D eigenvalue weighted by atomic mass is 10.3. The summed E-state index contributed by atoms with van der Waals surface area (Å²) in [6, 6.07) is 3.25. The van der Waals surface area contributed by atoms with Crippen molar-refractivity contribution in [3.63, 3.8) is 0 Å². The zero-order valence-corrected chi connectivity index (χ0v) is 12.7. The first-order valence-electron chi connectivity index (χ1n) is 5.93. The topological polar surface area (TPSA) is 63.7 Å². The smallest absolute Gasteiger partial charge is 0.321 e. The SMILES string of the molecule is CCOC(=O)CN(CC)S(=O)(=O)c1ccc(Cl)cc1F. The molecule has 0 bridgehead atoms. The molecule has 112 valence electrons. The van der Waals surface area contributed by atoms with Crippen LogP contribution in [0.3, 0.4) is 0 Å². The number of ether oxygens (including phenoxy) is 1. The molecule has 0 spiro atoms. The number of hydrogen-bond acceptors (Lipinski definition) is 4. The van der Waals surface area contributed by atoms with Crippen molar-refractivity contribution < 1.29 is 22.3 Å². The number of sulfonamides is 1. The lowest BCUT2D eigenvalue weighted by Crippen LogP contribution is -2.36. The van der Waals surface area contributed by atoms with Crippen molar-refractivity contribution >= 4 is 27.6 Å². The van der Waals surface area contributed by atoms with Crippen LogP contribution in [0.1, 0.15) is 13.8 Å². The van der Waals surface area contributed by atoms with E-state index in [1.54, 1.807) is 13.8 Å². The lowest BCUT2D eigenvalue weighted by Gasteiger charge is -2.19. The van der Waals surface area contributed by atoms with Crippen molar-refractivity contribution in [1.82, 2.24) is 4.31 Å². The van der Waals surface area contributed by atoms with E-state index in [1.807, 2.05) is 0 Å². The molecule has 0 aliphatic rings. The summed E-state index contributed by atoms with van der Waals surface area (Å²) in [5.41, 5.74) is 0. The van der Waals surface area contributed by atoms with Crippen LogP contribution < -0.4 is 0 Å². The molecule has 0 saturated carbocycles. The Hall–Kier alpha value is -1.18. The molecule has 1 aromatic carbocycles. The highest BCUT2D eigenvalue weighted by Gasteiger charge is 2.28. The van der Waals surface area contributed by atoms with Crippen LogP contribution in [-0.4, -0.2) is 38.4 Å². The van der Waals surface area contributed by atoms with Gasteiger partial charge in [-0.2, -0.15) is 4.31 Å². The molecule has 0 radical (unpaired) electrons. The molecule has 1 rings (SSSR count). The molecule has 20 heavy (non-hydrogen) atoms. The monoisotopic (exact) mass is 323 g/mol. The molecule has 0 aliphatic heterocycles. The highest BCUT2D eigenvalue weighted by molar-refractivity contribution is 7.89. The van der Waals surface area contributed by atoms with Gasteiger partial charge in [0.25, 0.3) is 0 Å². The number of hydrogen-bond donors (Lipinski definition) is 0. The standard InChI is InChI=1S/C12H15ClFNO4S/c1-3-15(8-12(16)19-4-2)20(17,18)11-6-5-9(13)7-10(11)14/h5-7H,3-4,8H2,1-2H3. The minimum Gasteiger partial charge on any atom is -0.465 e. The Morgan fingerprint density at radius 2 is 2.05 bits per heavy atom. The van der Waals surface area contributed by atoms with Crippen molar-refractivity contribution in [1.29, 1.82) is 0 Å². The summed E-state index contributed by atoms with van der Waals surface area (Å²) in [7, 11) is -4.11. The second kappa shape index (κ2) is 7.01. The van der Waals surface area contributed by atoms with E-state index in [0.717, 1.165) is 16.4 Å². The number of benzene rings is 1. The van der Waals surface area contributed by atoms with Gasteiger partial charge in [0.15, 0.2) is 0 Å². The van der Waals surface area contributed by atoms with Gasteiger partial charge in [0.1, 0.15) is 17.3 Å². The molecule has 0 aromatic heterocycles. The summed E-state index contributed by atoms with van der Waals surface area (Å²) in [6.07, 6.45) is 0. The Morgan fingerprint density at radius 3 is 2.55 bits per heavy atom. The number of nitrogens with zero attached hydrogens (tertiary/aromatic N) is 1. The molecule has 0 saturated heterocycles. The summed E-state index contributed by atoms with van der Waals surface area (Å²) < 4.78 is 43.8. The van der Waals surface area contributed by atoms with Crippen LogP contribution >= 0.6 is 11.6 Å². The maximum absolute atomic E-state index is 13.7. The first-order valence-corrected chi connectivity index (χ1v) is 7.75. The molecule has 0 unspecified atom stereocenters. The minimum absolute atomic E-state index is 0.0171. The molecule has 0 fully saturated rings. The Kier molecular flexibility index (Phi) is 5.91. The van der Waals surface area contributed by atoms with E-state index < -0.39 is 33.3 Å². The second-order valence-electron chi connectivity index (χ2n) is 3.81. The molecule has 0 N–H and O–H groups in total. The van der Waals surface area contributed by atoms with Crippen LogP contribution in [0.2, 0.25) is 5.02 Å². The van der Waals surface area contributed by atoms with Gasteiger partial charge >= 0.3 is 5.97 Å². The van der Waals surface area contributed by atoms with Gasteiger partial charge in [-0.3, -0.25) is 4.79 Å².